The first-order valence-electron chi connectivity index (χ1n) is 8.46. The van der Waals surface area contributed by atoms with Crippen molar-refractivity contribution in [2.24, 2.45) is 5.92 Å². The Labute approximate surface area is 158 Å². The van der Waals surface area contributed by atoms with E-state index in [9.17, 15) is 4.79 Å². The van der Waals surface area contributed by atoms with Crippen molar-refractivity contribution in [2.45, 2.75) is 25.8 Å². The van der Waals surface area contributed by atoms with Gasteiger partial charge in [-0.05, 0) is 43.5 Å². The second-order valence-electron chi connectivity index (χ2n) is 6.35. The Bertz CT molecular complexity index is 728. The van der Waals surface area contributed by atoms with Gasteiger partial charge >= 0.3 is 0 Å². The zero-order valence-electron chi connectivity index (χ0n) is 14.1. The fourth-order valence-corrected chi connectivity index (χ4v) is 3.57. The fraction of sp³-hybridized carbons (Fsp3) is 0.368. The number of halogens is 2. The lowest BCUT2D eigenvalue weighted by molar-refractivity contribution is -0.126. The van der Waals surface area contributed by atoms with Crippen molar-refractivity contribution < 1.29 is 4.79 Å². The normalized spacial score (nSPS) is 16.5. The van der Waals surface area contributed by atoms with Crippen LogP contribution in [0.4, 0.5) is 5.82 Å². The highest BCUT2D eigenvalue weighted by molar-refractivity contribution is 6.31. The maximum Gasteiger partial charge on any atom is 0.223 e. The molecular weight excluding hydrogens is 357 g/mol. The van der Waals surface area contributed by atoms with Crippen molar-refractivity contribution in [3.05, 3.63) is 58.2 Å². The monoisotopic (exact) mass is 377 g/mol. The van der Waals surface area contributed by atoms with Gasteiger partial charge in [-0.15, -0.1) is 0 Å². The van der Waals surface area contributed by atoms with Crippen LogP contribution in [-0.4, -0.2) is 24.0 Å². The lowest BCUT2D eigenvalue weighted by Gasteiger charge is -2.32. The van der Waals surface area contributed by atoms with Gasteiger partial charge in [0.25, 0.3) is 0 Å². The summed E-state index contributed by atoms with van der Waals surface area (Å²) in [7, 11) is 0. The fourth-order valence-electron chi connectivity index (χ4n) is 3.16. The molecule has 132 valence electrons. The van der Waals surface area contributed by atoms with Crippen LogP contribution in [0.2, 0.25) is 10.0 Å². The Balaban J connectivity index is 1.55. The van der Waals surface area contributed by atoms with Crippen LogP contribution in [0.25, 0.3) is 0 Å². The van der Waals surface area contributed by atoms with Gasteiger partial charge in [-0.3, -0.25) is 4.79 Å². The number of aromatic nitrogens is 1. The Kier molecular flexibility index (Phi) is 5.82. The summed E-state index contributed by atoms with van der Waals surface area (Å²) < 4.78 is 0. The molecular formula is C19H21Cl2N3O. The van der Waals surface area contributed by atoms with Crippen molar-refractivity contribution in [3.63, 3.8) is 0 Å². The average molecular weight is 378 g/mol. The van der Waals surface area contributed by atoms with Crippen LogP contribution < -0.4 is 10.2 Å². The summed E-state index contributed by atoms with van der Waals surface area (Å²) in [4.78, 5) is 19.1. The number of nitrogens with one attached hydrogen (secondary N) is 1. The van der Waals surface area contributed by atoms with Crippen LogP contribution in [0.15, 0.2) is 42.6 Å². The van der Waals surface area contributed by atoms with E-state index in [0.717, 1.165) is 37.3 Å². The van der Waals surface area contributed by atoms with Crippen LogP contribution in [0.3, 0.4) is 0 Å². The highest BCUT2D eigenvalue weighted by atomic mass is 35.5. The molecule has 3 rings (SSSR count). The second-order valence-corrected chi connectivity index (χ2v) is 7.19. The number of anilines is 1. The minimum atomic E-state index is -0.0999. The predicted molar refractivity (Wildman–Crippen MR) is 102 cm³/mol. The molecule has 1 aromatic carbocycles. The molecule has 1 N–H and O–H groups in total. The third kappa shape index (κ3) is 4.44. The van der Waals surface area contributed by atoms with Gasteiger partial charge in [0.05, 0.1) is 11.1 Å². The second kappa shape index (κ2) is 8.07. The molecule has 1 atom stereocenters. The standard InChI is InChI=1S/C19H21Cl2N3O/c1-13(16-4-2-3-5-17(16)21)23-19(25)14-8-10-24(11-9-14)18-7-6-15(20)12-22-18/h2-7,12-14H,8-11H2,1H3,(H,23,25). The molecule has 1 fully saturated rings. The van der Waals surface area contributed by atoms with Gasteiger partial charge in [0, 0.05) is 30.2 Å². The molecule has 1 unspecified atom stereocenters. The number of benzene rings is 1. The number of pyridine rings is 1. The molecule has 1 saturated heterocycles. The number of piperidine rings is 1. The molecule has 0 saturated carbocycles. The zero-order chi connectivity index (χ0) is 17.8. The Morgan fingerprint density at radius 3 is 2.56 bits per heavy atom. The van der Waals surface area contributed by atoms with Crippen molar-refractivity contribution in [1.29, 1.82) is 0 Å². The van der Waals surface area contributed by atoms with E-state index in [1.54, 1.807) is 6.20 Å². The van der Waals surface area contributed by atoms with Gasteiger partial charge < -0.3 is 10.2 Å². The summed E-state index contributed by atoms with van der Waals surface area (Å²) in [6.07, 6.45) is 3.28. The first-order valence-corrected chi connectivity index (χ1v) is 9.21. The van der Waals surface area contributed by atoms with E-state index in [4.69, 9.17) is 23.2 Å². The molecule has 0 bridgehead atoms. The summed E-state index contributed by atoms with van der Waals surface area (Å²) in [6.45, 7) is 3.59. The average Bonchev–Trinajstić information content (AvgIpc) is 2.63. The Morgan fingerprint density at radius 1 is 1.20 bits per heavy atom. The third-order valence-corrected chi connectivity index (χ3v) is 5.20. The number of nitrogens with zero attached hydrogens (tertiary/aromatic N) is 2. The van der Waals surface area contributed by atoms with Crippen LogP contribution in [0, 0.1) is 5.92 Å². The third-order valence-electron chi connectivity index (χ3n) is 4.63. The topological polar surface area (TPSA) is 45.2 Å². The molecule has 1 amide bonds. The van der Waals surface area contributed by atoms with Gasteiger partial charge in [-0.25, -0.2) is 4.98 Å². The molecule has 0 radical (unpaired) electrons. The molecule has 4 nitrogen and oxygen atoms in total. The van der Waals surface area contributed by atoms with Gasteiger partial charge in [0.1, 0.15) is 5.82 Å². The van der Waals surface area contributed by atoms with E-state index in [2.05, 4.69) is 15.2 Å². The number of hydrogen-bond donors (Lipinski definition) is 1. The molecule has 6 heteroatoms. The molecule has 0 spiro atoms. The predicted octanol–water partition coefficient (Wildman–Crippen LogP) is 4.48. The molecule has 25 heavy (non-hydrogen) atoms. The van der Waals surface area contributed by atoms with Gasteiger partial charge in [-0.2, -0.15) is 0 Å². The summed E-state index contributed by atoms with van der Waals surface area (Å²) in [5, 5.41) is 4.40. The van der Waals surface area contributed by atoms with Gasteiger partial charge in [0.2, 0.25) is 5.91 Å². The lowest BCUT2D eigenvalue weighted by Crippen LogP contribution is -2.41. The molecule has 2 aromatic rings. The molecule has 1 aliphatic heterocycles. The highest BCUT2D eigenvalue weighted by Gasteiger charge is 2.26. The first-order chi connectivity index (χ1) is 12.0. The first kappa shape index (κ1) is 18.0. The van der Waals surface area contributed by atoms with Crippen molar-refractivity contribution in [1.82, 2.24) is 10.3 Å². The number of carbonyl (C=O) groups is 1. The quantitative estimate of drug-likeness (QED) is 0.853. The SMILES string of the molecule is CC(NC(=O)C1CCN(c2ccc(Cl)cn2)CC1)c1ccccc1Cl. The van der Waals surface area contributed by atoms with Gasteiger partial charge in [0.15, 0.2) is 0 Å². The number of rotatable bonds is 4. The van der Waals surface area contributed by atoms with Crippen LogP contribution in [0.1, 0.15) is 31.4 Å². The summed E-state index contributed by atoms with van der Waals surface area (Å²) >= 11 is 12.1. The molecule has 2 heterocycles. The Morgan fingerprint density at radius 2 is 1.92 bits per heavy atom. The zero-order valence-corrected chi connectivity index (χ0v) is 15.6. The van der Waals surface area contributed by atoms with Crippen molar-refractivity contribution in [2.75, 3.05) is 18.0 Å². The maximum absolute atomic E-state index is 12.6. The largest absolute Gasteiger partial charge is 0.357 e. The smallest absolute Gasteiger partial charge is 0.223 e. The minimum absolute atomic E-state index is 0.0217. The van der Waals surface area contributed by atoms with E-state index >= 15 is 0 Å². The van der Waals surface area contributed by atoms with Crippen molar-refractivity contribution >= 4 is 34.9 Å². The molecule has 0 aliphatic carbocycles. The van der Waals surface area contributed by atoms with Crippen LogP contribution in [-0.2, 0) is 4.79 Å². The number of hydrogen-bond acceptors (Lipinski definition) is 3. The summed E-state index contributed by atoms with van der Waals surface area (Å²) in [6, 6.07) is 11.3. The Hall–Kier alpha value is -1.78. The summed E-state index contributed by atoms with van der Waals surface area (Å²) in [5.74, 6) is 1.03. The maximum atomic E-state index is 12.6. The van der Waals surface area contributed by atoms with E-state index in [1.165, 1.54) is 0 Å². The van der Waals surface area contributed by atoms with Crippen molar-refractivity contribution in [3.8, 4) is 0 Å². The molecule has 1 aliphatic rings. The van der Waals surface area contributed by atoms with E-state index < -0.39 is 0 Å². The van der Waals surface area contributed by atoms with Crippen LogP contribution in [0.5, 0.6) is 0 Å². The van der Waals surface area contributed by atoms with Crippen LogP contribution >= 0.6 is 23.2 Å². The van der Waals surface area contributed by atoms with E-state index in [-0.39, 0.29) is 17.9 Å². The van der Waals surface area contributed by atoms with E-state index in [0.29, 0.717) is 10.0 Å². The summed E-state index contributed by atoms with van der Waals surface area (Å²) in [5.41, 5.74) is 0.945. The lowest BCUT2D eigenvalue weighted by atomic mass is 9.95. The van der Waals surface area contributed by atoms with Gasteiger partial charge in [-0.1, -0.05) is 41.4 Å². The van der Waals surface area contributed by atoms with E-state index in [1.807, 2.05) is 43.3 Å². The highest BCUT2D eigenvalue weighted by Crippen LogP contribution is 2.25. The number of carbonyl (C=O) groups excluding carboxylic acids is 1. The molecule has 1 aromatic heterocycles. The number of amides is 1. The minimum Gasteiger partial charge on any atom is -0.357 e.